The van der Waals surface area contributed by atoms with Crippen molar-refractivity contribution < 1.29 is 13.6 Å². The number of H-pyrrole nitrogens is 1. The van der Waals surface area contributed by atoms with E-state index in [9.17, 15) is 18.4 Å². The van der Waals surface area contributed by atoms with E-state index < -0.39 is 17.5 Å². The fourth-order valence-corrected chi connectivity index (χ4v) is 5.40. The lowest BCUT2D eigenvalue weighted by Gasteiger charge is -2.42. The number of nitrogens with two attached hydrogens (primary N) is 1. The molecule has 1 aromatic carbocycles. The fourth-order valence-electron chi connectivity index (χ4n) is 5.11. The van der Waals surface area contributed by atoms with Crippen molar-refractivity contribution >= 4 is 28.4 Å². The molecule has 0 saturated heterocycles. The smallest absolute Gasteiger partial charge is 0.268 e. The number of halogens is 3. The number of hydrogen-bond donors (Lipinski definition) is 2. The summed E-state index contributed by atoms with van der Waals surface area (Å²) >= 11 is 6.28. The molecule has 1 fully saturated rings. The van der Waals surface area contributed by atoms with Gasteiger partial charge in [0.1, 0.15) is 5.69 Å². The number of primary amides is 1. The largest absolute Gasteiger partial charge is 0.364 e. The van der Waals surface area contributed by atoms with E-state index in [-0.39, 0.29) is 38.8 Å². The predicted molar refractivity (Wildman–Crippen MR) is 125 cm³/mol. The lowest BCUT2D eigenvalue weighted by atomic mass is 9.63. The Hall–Kier alpha value is -2.80. The molecule has 2 heterocycles. The van der Waals surface area contributed by atoms with Crippen LogP contribution in [0.3, 0.4) is 0 Å². The van der Waals surface area contributed by atoms with Gasteiger partial charge in [-0.25, -0.2) is 8.78 Å². The summed E-state index contributed by atoms with van der Waals surface area (Å²) in [5.41, 5.74) is 6.60. The molecular formula is C25H26ClF2N3O2. The quantitative estimate of drug-likeness (QED) is 0.480. The minimum Gasteiger partial charge on any atom is -0.364 e. The second-order valence-electron chi connectivity index (χ2n) is 9.89. The van der Waals surface area contributed by atoms with Crippen molar-refractivity contribution in [2.45, 2.75) is 51.9 Å². The molecule has 1 unspecified atom stereocenters. The Morgan fingerprint density at radius 2 is 1.91 bits per heavy atom. The summed E-state index contributed by atoms with van der Waals surface area (Å²) in [7, 11) is 0. The van der Waals surface area contributed by atoms with Crippen molar-refractivity contribution in [3.8, 4) is 0 Å². The highest BCUT2D eigenvalue weighted by Crippen LogP contribution is 2.51. The maximum Gasteiger partial charge on any atom is 0.268 e. The number of benzene rings is 1. The van der Waals surface area contributed by atoms with Crippen LogP contribution in [0.2, 0.25) is 5.02 Å². The Balaban J connectivity index is 1.86. The number of hydrogen-bond acceptors (Lipinski definition) is 3. The molecule has 5 nitrogen and oxygen atoms in total. The van der Waals surface area contributed by atoms with Crippen molar-refractivity contribution in [1.29, 1.82) is 0 Å². The molecular weight excluding hydrogens is 448 g/mol. The second-order valence-corrected chi connectivity index (χ2v) is 10.3. The standard InChI is InChI=1S/C25H26ClF2N3O2/c1-25(2,3)12-4-5-13(15(10-12)14-6-7-16(27)22(28)21(14)26)18-11-19(32)20-17(31-18)8-9-30-23(20)24(29)33/h6-9,11-13,15H,4-5,10H2,1-3H3,(H2,29,33)(H,31,32)/t12?,13-,15-/m0/s1. The Kier molecular flexibility index (Phi) is 6.03. The number of carbonyl (C=O) groups is 1. The summed E-state index contributed by atoms with van der Waals surface area (Å²) in [5, 5.41) is -0.0811. The number of fused-ring (bicyclic) bond motifs is 1. The normalized spacial score (nSPS) is 21.3. The van der Waals surface area contributed by atoms with Gasteiger partial charge in [-0.3, -0.25) is 14.6 Å². The molecule has 1 amide bonds. The molecule has 4 rings (SSSR count). The molecule has 3 aromatic rings. The van der Waals surface area contributed by atoms with E-state index in [1.165, 1.54) is 18.3 Å². The van der Waals surface area contributed by atoms with E-state index in [2.05, 4.69) is 30.7 Å². The fraction of sp³-hybridized carbons (Fsp3) is 0.400. The number of nitrogens with zero attached hydrogens (tertiary/aromatic N) is 1. The molecule has 0 radical (unpaired) electrons. The van der Waals surface area contributed by atoms with E-state index in [0.29, 0.717) is 29.1 Å². The van der Waals surface area contributed by atoms with Gasteiger partial charge in [-0.05, 0) is 54.2 Å². The summed E-state index contributed by atoms with van der Waals surface area (Å²) in [4.78, 5) is 32.0. The van der Waals surface area contributed by atoms with Crippen molar-refractivity contribution in [3.05, 3.63) is 74.3 Å². The van der Waals surface area contributed by atoms with Gasteiger partial charge >= 0.3 is 0 Å². The number of nitrogens with one attached hydrogen (secondary N) is 1. The first kappa shape index (κ1) is 23.4. The number of rotatable bonds is 3. The maximum atomic E-state index is 14.4. The number of aromatic amines is 1. The minimum absolute atomic E-state index is 0.0210. The van der Waals surface area contributed by atoms with Crippen LogP contribution in [0.1, 0.15) is 73.6 Å². The van der Waals surface area contributed by atoms with Crippen LogP contribution in [0.5, 0.6) is 0 Å². The summed E-state index contributed by atoms with van der Waals surface area (Å²) in [6.07, 6.45) is 3.77. The predicted octanol–water partition coefficient (Wildman–Crippen LogP) is 5.67. The first-order valence-electron chi connectivity index (χ1n) is 10.9. The van der Waals surface area contributed by atoms with Crippen molar-refractivity contribution in [2.24, 2.45) is 17.1 Å². The Morgan fingerprint density at radius 3 is 2.58 bits per heavy atom. The molecule has 3 N–H and O–H groups in total. The third kappa shape index (κ3) is 4.26. The highest BCUT2D eigenvalue weighted by Gasteiger charge is 2.39. The minimum atomic E-state index is -1.06. The molecule has 0 spiro atoms. The Morgan fingerprint density at radius 1 is 1.18 bits per heavy atom. The van der Waals surface area contributed by atoms with Crippen LogP contribution >= 0.6 is 11.6 Å². The van der Waals surface area contributed by atoms with Crippen LogP contribution in [0.4, 0.5) is 8.78 Å². The average molecular weight is 474 g/mol. The zero-order valence-electron chi connectivity index (χ0n) is 18.7. The summed E-state index contributed by atoms with van der Waals surface area (Å²) < 4.78 is 28.2. The van der Waals surface area contributed by atoms with Gasteiger partial charge < -0.3 is 10.7 Å². The van der Waals surface area contributed by atoms with Gasteiger partial charge in [-0.1, -0.05) is 38.4 Å². The third-order valence-electron chi connectivity index (χ3n) is 6.94. The topological polar surface area (TPSA) is 88.8 Å². The van der Waals surface area contributed by atoms with Crippen LogP contribution in [-0.4, -0.2) is 15.9 Å². The van der Waals surface area contributed by atoms with Gasteiger partial charge in [0.15, 0.2) is 17.1 Å². The van der Waals surface area contributed by atoms with Crippen LogP contribution in [-0.2, 0) is 0 Å². The zero-order valence-corrected chi connectivity index (χ0v) is 19.5. The highest BCUT2D eigenvalue weighted by atomic mass is 35.5. The van der Waals surface area contributed by atoms with Gasteiger partial charge in [0.05, 0.1) is 15.9 Å². The lowest BCUT2D eigenvalue weighted by Crippen LogP contribution is -2.31. The van der Waals surface area contributed by atoms with E-state index in [0.717, 1.165) is 18.9 Å². The molecule has 2 aromatic heterocycles. The number of pyridine rings is 2. The van der Waals surface area contributed by atoms with Gasteiger partial charge in [0.25, 0.3) is 5.91 Å². The Labute approximate surface area is 195 Å². The molecule has 1 saturated carbocycles. The van der Waals surface area contributed by atoms with Crippen LogP contribution in [0.15, 0.2) is 35.3 Å². The van der Waals surface area contributed by atoms with E-state index in [4.69, 9.17) is 17.3 Å². The average Bonchev–Trinajstić information content (AvgIpc) is 2.76. The van der Waals surface area contributed by atoms with Gasteiger partial charge in [-0.2, -0.15) is 0 Å². The monoisotopic (exact) mass is 473 g/mol. The van der Waals surface area contributed by atoms with Gasteiger partial charge in [0.2, 0.25) is 0 Å². The molecule has 1 aliphatic rings. The first-order chi connectivity index (χ1) is 15.5. The molecule has 0 aliphatic heterocycles. The van der Waals surface area contributed by atoms with Crippen LogP contribution < -0.4 is 11.2 Å². The SMILES string of the molecule is CC(C)(C)C1CC[C@H](c2cc(=O)c3c(C(N)=O)nccc3[nH]2)[C@@H](c2ccc(F)c(F)c2Cl)C1. The highest BCUT2D eigenvalue weighted by molar-refractivity contribution is 6.31. The molecule has 3 atom stereocenters. The first-order valence-corrected chi connectivity index (χ1v) is 11.3. The molecule has 174 valence electrons. The molecule has 0 bridgehead atoms. The zero-order chi connectivity index (χ0) is 24.1. The van der Waals surface area contributed by atoms with E-state index >= 15 is 0 Å². The third-order valence-corrected chi connectivity index (χ3v) is 7.32. The summed E-state index contributed by atoms with van der Waals surface area (Å²) in [5.74, 6) is -2.90. The number of aromatic nitrogens is 2. The summed E-state index contributed by atoms with van der Waals surface area (Å²) in [6, 6.07) is 5.71. The Bertz CT molecular complexity index is 1300. The van der Waals surface area contributed by atoms with Gasteiger partial charge in [0, 0.05) is 23.9 Å². The van der Waals surface area contributed by atoms with Crippen molar-refractivity contribution in [2.75, 3.05) is 0 Å². The second kappa shape index (κ2) is 8.52. The molecule has 1 aliphatic carbocycles. The number of carbonyl (C=O) groups excluding carboxylic acids is 1. The molecule has 33 heavy (non-hydrogen) atoms. The van der Waals surface area contributed by atoms with Crippen molar-refractivity contribution in [1.82, 2.24) is 9.97 Å². The lowest BCUT2D eigenvalue weighted by molar-refractivity contribution is 0.0997. The number of amides is 1. The maximum absolute atomic E-state index is 14.4. The van der Waals surface area contributed by atoms with Gasteiger partial charge in [-0.15, -0.1) is 0 Å². The van der Waals surface area contributed by atoms with Crippen LogP contribution in [0.25, 0.3) is 10.9 Å². The molecule has 8 heteroatoms. The summed E-state index contributed by atoms with van der Waals surface area (Å²) in [6.45, 7) is 6.49. The van der Waals surface area contributed by atoms with Crippen LogP contribution in [0, 0.1) is 23.0 Å². The van der Waals surface area contributed by atoms with E-state index in [1.54, 1.807) is 6.07 Å². The van der Waals surface area contributed by atoms with Crippen molar-refractivity contribution in [3.63, 3.8) is 0 Å². The van der Waals surface area contributed by atoms with E-state index in [1.807, 2.05) is 0 Å².